The molecule has 0 saturated carbocycles. The Hall–Kier alpha value is -2.10. The van der Waals surface area contributed by atoms with Gasteiger partial charge in [0.2, 0.25) is 10.0 Å². The maximum absolute atomic E-state index is 12.9. The van der Waals surface area contributed by atoms with Crippen LogP contribution in [0.5, 0.6) is 5.75 Å². The maximum Gasteiger partial charge on any atom is 0.262 e. The van der Waals surface area contributed by atoms with E-state index in [9.17, 15) is 16.8 Å². The summed E-state index contributed by atoms with van der Waals surface area (Å²) in [5.74, 6) is 0.403. The molecule has 0 aliphatic carbocycles. The summed E-state index contributed by atoms with van der Waals surface area (Å²) in [5.41, 5.74) is 1.12. The molecule has 1 fully saturated rings. The molecule has 0 radical (unpaired) electrons. The van der Waals surface area contributed by atoms with Gasteiger partial charge in [-0.25, -0.2) is 16.8 Å². The summed E-state index contributed by atoms with van der Waals surface area (Å²) < 4.78 is 60.4. The maximum atomic E-state index is 12.9. The molecule has 0 bridgehead atoms. The van der Waals surface area contributed by atoms with Crippen LogP contribution < -0.4 is 9.46 Å². The molecule has 9 heteroatoms. The average molecular weight is 453 g/mol. The molecule has 1 heterocycles. The van der Waals surface area contributed by atoms with Crippen molar-refractivity contribution in [3.8, 4) is 5.75 Å². The Morgan fingerprint density at radius 3 is 2.00 bits per heavy atom. The lowest BCUT2D eigenvalue weighted by Gasteiger charge is -2.21. The van der Waals surface area contributed by atoms with Gasteiger partial charge in [0.15, 0.2) is 0 Å². The van der Waals surface area contributed by atoms with Crippen molar-refractivity contribution in [1.82, 2.24) is 4.31 Å². The highest BCUT2D eigenvalue weighted by Gasteiger charge is 2.28. The van der Waals surface area contributed by atoms with Crippen LogP contribution in [0.2, 0.25) is 0 Å². The lowest BCUT2D eigenvalue weighted by atomic mass is 9.87. The smallest absolute Gasteiger partial charge is 0.262 e. The molecule has 30 heavy (non-hydrogen) atoms. The number of methoxy groups -OCH3 is 1. The first-order valence-corrected chi connectivity index (χ1v) is 12.7. The summed E-state index contributed by atoms with van der Waals surface area (Å²) in [6, 6.07) is 10.7. The van der Waals surface area contributed by atoms with Crippen LogP contribution in [0.25, 0.3) is 0 Å². The predicted octanol–water partition coefficient (Wildman–Crippen LogP) is 3.58. The Bertz CT molecular complexity index is 1110. The second-order valence-electron chi connectivity index (χ2n) is 8.35. The fraction of sp³-hybridized carbons (Fsp3) is 0.429. The normalized spacial score (nSPS) is 15.9. The summed E-state index contributed by atoms with van der Waals surface area (Å²) in [6.07, 6.45) is 1.68. The molecule has 164 valence electrons. The lowest BCUT2D eigenvalue weighted by Crippen LogP contribution is -2.27. The molecule has 1 aliphatic heterocycles. The minimum atomic E-state index is -3.93. The van der Waals surface area contributed by atoms with Crippen LogP contribution in [0.4, 0.5) is 5.69 Å². The van der Waals surface area contributed by atoms with Gasteiger partial charge in [0.05, 0.1) is 22.6 Å². The van der Waals surface area contributed by atoms with E-state index in [0.717, 1.165) is 18.4 Å². The van der Waals surface area contributed by atoms with E-state index < -0.39 is 20.0 Å². The molecule has 0 aromatic heterocycles. The van der Waals surface area contributed by atoms with Gasteiger partial charge in [0.1, 0.15) is 5.75 Å². The van der Waals surface area contributed by atoms with Crippen LogP contribution in [-0.2, 0) is 25.5 Å². The van der Waals surface area contributed by atoms with Crippen molar-refractivity contribution in [1.29, 1.82) is 0 Å². The van der Waals surface area contributed by atoms with Gasteiger partial charge in [-0.2, -0.15) is 4.31 Å². The van der Waals surface area contributed by atoms with Gasteiger partial charge >= 0.3 is 0 Å². The Morgan fingerprint density at radius 2 is 1.47 bits per heavy atom. The third-order valence-corrected chi connectivity index (χ3v) is 8.44. The molecule has 2 aromatic rings. The Morgan fingerprint density at radius 1 is 0.900 bits per heavy atom. The molecular formula is C21H28N2O5S2. The van der Waals surface area contributed by atoms with Crippen molar-refractivity contribution in [3.05, 3.63) is 48.0 Å². The van der Waals surface area contributed by atoms with Gasteiger partial charge in [-0.15, -0.1) is 0 Å². The first-order valence-electron chi connectivity index (χ1n) is 9.77. The number of benzene rings is 2. The monoisotopic (exact) mass is 452 g/mol. The van der Waals surface area contributed by atoms with Gasteiger partial charge in [-0.3, -0.25) is 4.72 Å². The molecule has 0 unspecified atom stereocenters. The molecule has 7 nitrogen and oxygen atoms in total. The van der Waals surface area contributed by atoms with E-state index in [-0.39, 0.29) is 15.2 Å². The van der Waals surface area contributed by atoms with Crippen LogP contribution in [-0.4, -0.2) is 41.3 Å². The molecule has 1 saturated heterocycles. The number of nitrogens with zero attached hydrogens (tertiary/aromatic N) is 1. The Kier molecular flexibility index (Phi) is 6.18. The highest BCUT2D eigenvalue weighted by Crippen LogP contribution is 2.33. The molecule has 0 spiro atoms. The van der Waals surface area contributed by atoms with Gasteiger partial charge < -0.3 is 4.74 Å². The van der Waals surface area contributed by atoms with Crippen molar-refractivity contribution in [2.24, 2.45) is 0 Å². The summed E-state index contributed by atoms with van der Waals surface area (Å²) >= 11 is 0. The number of anilines is 1. The van der Waals surface area contributed by atoms with E-state index in [2.05, 4.69) is 4.72 Å². The van der Waals surface area contributed by atoms with Crippen molar-refractivity contribution < 1.29 is 21.6 Å². The van der Waals surface area contributed by atoms with Crippen molar-refractivity contribution in [2.45, 2.75) is 48.8 Å². The zero-order valence-electron chi connectivity index (χ0n) is 17.7. The lowest BCUT2D eigenvalue weighted by molar-refractivity contribution is 0.416. The third-order valence-electron chi connectivity index (χ3n) is 5.15. The highest BCUT2D eigenvalue weighted by molar-refractivity contribution is 7.92. The van der Waals surface area contributed by atoms with Crippen molar-refractivity contribution in [3.63, 3.8) is 0 Å². The standard InChI is InChI=1S/C21H28N2O5S2/c1-21(2,3)16-7-12-20(28-4)19(15-16)22-29(24,25)17-8-10-18(11-9-17)30(26,27)23-13-5-6-14-23/h7-12,15,22H,5-6,13-14H2,1-4H3. The fourth-order valence-corrected chi connectivity index (χ4v) is 5.90. The largest absolute Gasteiger partial charge is 0.495 e. The zero-order chi connectivity index (χ0) is 22.2. The highest BCUT2D eigenvalue weighted by atomic mass is 32.2. The molecule has 2 aromatic carbocycles. The van der Waals surface area contributed by atoms with Crippen LogP contribution in [0.3, 0.4) is 0 Å². The molecule has 3 rings (SSSR count). The van der Waals surface area contributed by atoms with Gasteiger partial charge in [0.25, 0.3) is 10.0 Å². The second-order valence-corrected chi connectivity index (χ2v) is 12.0. The van der Waals surface area contributed by atoms with E-state index in [1.807, 2.05) is 26.8 Å². The predicted molar refractivity (Wildman–Crippen MR) is 117 cm³/mol. The number of rotatable bonds is 6. The SMILES string of the molecule is COc1ccc(C(C)(C)C)cc1NS(=O)(=O)c1ccc(S(=O)(=O)N2CCCC2)cc1. The molecule has 0 atom stereocenters. The minimum absolute atomic E-state index is 0.0221. The van der Waals surface area contributed by atoms with E-state index in [1.165, 1.54) is 35.7 Å². The van der Waals surface area contributed by atoms with Gasteiger partial charge in [0, 0.05) is 13.1 Å². The van der Waals surface area contributed by atoms with Crippen molar-refractivity contribution in [2.75, 3.05) is 24.9 Å². The first-order chi connectivity index (χ1) is 13.9. The second kappa shape index (κ2) is 8.20. The Labute approximate surface area is 179 Å². The topological polar surface area (TPSA) is 92.8 Å². The number of nitrogens with one attached hydrogen (secondary N) is 1. The van der Waals surface area contributed by atoms with Crippen molar-refractivity contribution >= 4 is 25.7 Å². The zero-order valence-corrected chi connectivity index (χ0v) is 19.3. The quantitative estimate of drug-likeness (QED) is 0.723. The molecule has 0 amide bonds. The van der Waals surface area contributed by atoms with Crippen LogP contribution in [0, 0.1) is 0 Å². The third kappa shape index (κ3) is 4.63. The number of hydrogen-bond acceptors (Lipinski definition) is 5. The number of ether oxygens (including phenoxy) is 1. The van der Waals surface area contributed by atoms with Gasteiger partial charge in [-0.05, 0) is 60.2 Å². The van der Waals surface area contributed by atoms with Crippen LogP contribution >= 0.6 is 0 Å². The molecule has 1 aliphatic rings. The van der Waals surface area contributed by atoms with E-state index in [0.29, 0.717) is 24.5 Å². The minimum Gasteiger partial charge on any atom is -0.495 e. The Balaban J connectivity index is 1.89. The number of sulfonamides is 2. The van der Waals surface area contributed by atoms with E-state index in [1.54, 1.807) is 12.1 Å². The van der Waals surface area contributed by atoms with Crippen LogP contribution in [0.1, 0.15) is 39.2 Å². The number of hydrogen-bond donors (Lipinski definition) is 1. The van der Waals surface area contributed by atoms with Crippen LogP contribution in [0.15, 0.2) is 52.3 Å². The molecule has 1 N–H and O–H groups in total. The first kappa shape index (κ1) is 22.6. The summed E-state index contributed by atoms with van der Waals surface area (Å²) in [5, 5.41) is 0. The molecular weight excluding hydrogens is 424 g/mol. The van der Waals surface area contributed by atoms with E-state index in [4.69, 9.17) is 4.74 Å². The van der Waals surface area contributed by atoms with Gasteiger partial charge in [-0.1, -0.05) is 26.8 Å². The van der Waals surface area contributed by atoms with E-state index >= 15 is 0 Å². The fourth-order valence-electron chi connectivity index (χ4n) is 3.33. The summed E-state index contributed by atoms with van der Waals surface area (Å²) in [6.45, 7) is 7.09. The summed E-state index contributed by atoms with van der Waals surface area (Å²) in [7, 11) is -6.05. The summed E-state index contributed by atoms with van der Waals surface area (Å²) in [4.78, 5) is 0.0711. The average Bonchev–Trinajstić information content (AvgIpc) is 3.23.